The van der Waals surface area contributed by atoms with Gasteiger partial charge in [0, 0.05) is 29.2 Å². The maximum absolute atomic E-state index is 13.4. The lowest BCUT2D eigenvalue weighted by molar-refractivity contribution is 0.0565. The van der Waals surface area contributed by atoms with E-state index >= 15 is 0 Å². The highest BCUT2D eigenvalue weighted by molar-refractivity contribution is 7.89. The molecule has 1 aliphatic rings. The van der Waals surface area contributed by atoms with E-state index < -0.39 is 22.2 Å². The molecule has 3 N–H and O–H groups in total. The fourth-order valence-electron chi connectivity index (χ4n) is 3.77. The number of aliphatic hydroxyl groups is 2. The zero-order chi connectivity index (χ0) is 19.9. The van der Waals surface area contributed by atoms with E-state index in [1.54, 1.807) is 24.4 Å². The van der Waals surface area contributed by atoms with Gasteiger partial charge in [0.05, 0.1) is 23.6 Å². The van der Waals surface area contributed by atoms with Crippen LogP contribution >= 0.6 is 0 Å². The maximum atomic E-state index is 13.4. The number of fused-ring (bicyclic) bond motifs is 1. The fraction of sp³-hybridized carbons (Fsp3) is 0.300. The normalized spacial score (nSPS) is 21.2. The number of sulfonamides is 1. The van der Waals surface area contributed by atoms with E-state index in [-0.39, 0.29) is 30.3 Å². The van der Waals surface area contributed by atoms with Crippen molar-refractivity contribution in [2.75, 3.05) is 13.2 Å². The van der Waals surface area contributed by atoms with Crippen LogP contribution in [0.25, 0.3) is 22.0 Å². The number of aromatic amines is 1. The van der Waals surface area contributed by atoms with Crippen LogP contribution in [0.15, 0.2) is 53.6 Å². The second-order valence-electron chi connectivity index (χ2n) is 7.05. The number of piperidine rings is 1. The Morgan fingerprint density at radius 2 is 1.93 bits per heavy atom. The molecule has 0 aliphatic carbocycles. The van der Waals surface area contributed by atoms with E-state index in [0.29, 0.717) is 11.9 Å². The molecule has 28 heavy (non-hydrogen) atoms. The average Bonchev–Trinajstić information content (AvgIpc) is 3.10. The Labute approximate surface area is 162 Å². The lowest BCUT2D eigenvalue weighted by Crippen LogP contribution is -2.49. The number of benzene rings is 2. The molecule has 0 spiro atoms. The molecule has 8 heteroatoms. The minimum atomic E-state index is -3.78. The van der Waals surface area contributed by atoms with Gasteiger partial charge in [-0.05, 0) is 48.7 Å². The molecule has 2 atom stereocenters. The monoisotopic (exact) mass is 404 g/mol. The van der Waals surface area contributed by atoms with Crippen LogP contribution in [0.2, 0.25) is 0 Å². The van der Waals surface area contributed by atoms with Crippen LogP contribution in [0.5, 0.6) is 0 Å². The third-order valence-electron chi connectivity index (χ3n) is 5.26. The van der Waals surface area contributed by atoms with Crippen LogP contribution in [0.3, 0.4) is 0 Å². The molecular formula is C20H21FN2O4S. The largest absolute Gasteiger partial charge is 0.395 e. The Hall–Kier alpha value is -2.26. The highest BCUT2D eigenvalue weighted by Crippen LogP contribution is 2.31. The van der Waals surface area contributed by atoms with E-state index in [9.17, 15) is 23.0 Å². The van der Waals surface area contributed by atoms with Gasteiger partial charge >= 0.3 is 0 Å². The van der Waals surface area contributed by atoms with Crippen molar-refractivity contribution in [3.05, 3.63) is 54.5 Å². The van der Waals surface area contributed by atoms with Gasteiger partial charge in [-0.2, -0.15) is 4.31 Å². The minimum absolute atomic E-state index is 0.136. The number of aromatic nitrogens is 1. The quantitative estimate of drug-likeness (QED) is 0.623. The van der Waals surface area contributed by atoms with Crippen molar-refractivity contribution in [1.29, 1.82) is 0 Å². The van der Waals surface area contributed by atoms with E-state index in [0.717, 1.165) is 16.5 Å². The van der Waals surface area contributed by atoms with Crippen molar-refractivity contribution in [1.82, 2.24) is 9.29 Å². The van der Waals surface area contributed by atoms with Crippen molar-refractivity contribution < 1.29 is 23.0 Å². The molecule has 2 unspecified atom stereocenters. The molecule has 3 aromatic rings. The molecular weight excluding hydrogens is 383 g/mol. The number of rotatable bonds is 4. The van der Waals surface area contributed by atoms with Crippen LogP contribution in [0, 0.1) is 5.82 Å². The number of nitrogens with one attached hydrogen (secondary N) is 1. The highest BCUT2D eigenvalue weighted by atomic mass is 32.2. The van der Waals surface area contributed by atoms with E-state index in [2.05, 4.69) is 4.98 Å². The van der Waals surface area contributed by atoms with Crippen molar-refractivity contribution >= 4 is 20.9 Å². The molecule has 148 valence electrons. The highest BCUT2D eigenvalue weighted by Gasteiger charge is 2.36. The number of nitrogens with zero attached hydrogens (tertiary/aromatic N) is 1. The molecule has 1 aromatic heterocycles. The summed E-state index contributed by atoms with van der Waals surface area (Å²) in [6, 6.07) is 10.4. The number of H-pyrrole nitrogens is 1. The van der Waals surface area contributed by atoms with Crippen molar-refractivity contribution in [3.8, 4) is 11.1 Å². The Kier molecular flexibility index (Phi) is 4.96. The first kappa shape index (κ1) is 19.1. The second-order valence-corrected chi connectivity index (χ2v) is 8.94. The Balaban J connectivity index is 1.65. The number of aliphatic hydroxyl groups excluding tert-OH is 2. The predicted octanol–water partition coefficient (Wildman–Crippen LogP) is 2.48. The molecule has 0 amide bonds. The van der Waals surface area contributed by atoms with E-state index in [1.807, 2.05) is 0 Å². The summed E-state index contributed by atoms with van der Waals surface area (Å²) in [7, 11) is -3.78. The molecule has 0 bridgehead atoms. The molecule has 6 nitrogen and oxygen atoms in total. The fourth-order valence-corrected chi connectivity index (χ4v) is 5.41. The summed E-state index contributed by atoms with van der Waals surface area (Å²) in [5.41, 5.74) is 2.34. The molecule has 0 saturated carbocycles. The number of halogens is 1. The van der Waals surface area contributed by atoms with Crippen molar-refractivity contribution in [2.24, 2.45) is 0 Å². The van der Waals surface area contributed by atoms with Crippen molar-refractivity contribution in [3.63, 3.8) is 0 Å². The number of hydrogen-bond donors (Lipinski definition) is 3. The van der Waals surface area contributed by atoms with Crippen LogP contribution in [0.4, 0.5) is 4.39 Å². The van der Waals surface area contributed by atoms with Gasteiger partial charge in [-0.25, -0.2) is 12.8 Å². The summed E-state index contributed by atoms with van der Waals surface area (Å²) in [4.78, 5) is 3.16. The number of hydrogen-bond acceptors (Lipinski definition) is 4. The summed E-state index contributed by atoms with van der Waals surface area (Å²) in [5.74, 6) is -0.326. The molecule has 1 saturated heterocycles. The van der Waals surface area contributed by atoms with E-state index in [4.69, 9.17) is 0 Å². The van der Waals surface area contributed by atoms with Crippen LogP contribution in [0.1, 0.15) is 12.8 Å². The molecule has 2 heterocycles. The first-order valence-electron chi connectivity index (χ1n) is 9.08. The zero-order valence-corrected chi connectivity index (χ0v) is 15.9. The smallest absolute Gasteiger partial charge is 0.243 e. The molecule has 4 rings (SSSR count). The van der Waals surface area contributed by atoms with Gasteiger partial charge in [-0.1, -0.05) is 12.1 Å². The first-order valence-corrected chi connectivity index (χ1v) is 10.5. The van der Waals surface area contributed by atoms with Gasteiger partial charge in [0.25, 0.3) is 0 Å². The maximum Gasteiger partial charge on any atom is 0.243 e. The van der Waals surface area contributed by atoms with Gasteiger partial charge in [0.2, 0.25) is 10.0 Å². The molecule has 0 radical (unpaired) electrons. The summed E-state index contributed by atoms with van der Waals surface area (Å²) in [6.45, 7) is -0.162. The molecule has 1 fully saturated rings. The summed E-state index contributed by atoms with van der Waals surface area (Å²) >= 11 is 0. The van der Waals surface area contributed by atoms with Crippen LogP contribution in [-0.2, 0) is 10.0 Å². The topological polar surface area (TPSA) is 93.6 Å². The van der Waals surface area contributed by atoms with Gasteiger partial charge in [-0.3, -0.25) is 0 Å². The Bertz CT molecular complexity index is 1100. The predicted molar refractivity (Wildman–Crippen MR) is 104 cm³/mol. The van der Waals surface area contributed by atoms with Crippen LogP contribution in [-0.4, -0.2) is 53.2 Å². The van der Waals surface area contributed by atoms with Gasteiger partial charge in [0.1, 0.15) is 5.82 Å². The Morgan fingerprint density at radius 3 is 2.64 bits per heavy atom. The second kappa shape index (κ2) is 7.29. The Morgan fingerprint density at radius 1 is 1.18 bits per heavy atom. The molecule has 1 aliphatic heterocycles. The van der Waals surface area contributed by atoms with E-state index in [1.165, 1.54) is 28.6 Å². The lowest BCUT2D eigenvalue weighted by Gasteiger charge is -2.35. The lowest BCUT2D eigenvalue weighted by atomic mass is 10.0. The third-order valence-corrected chi connectivity index (χ3v) is 7.23. The average molecular weight is 404 g/mol. The molecule has 2 aromatic carbocycles. The zero-order valence-electron chi connectivity index (χ0n) is 15.0. The van der Waals surface area contributed by atoms with Crippen LogP contribution < -0.4 is 0 Å². The van der Waals surface area contributed by atoms with Gasteiger partial charge in [0.15, 0.2) is 0 Å². The SMILES string of the molecule is O=S(=O)(c1ccc(-c2c[nH]c3cc(F)ccc23)cc1)N1CCC(O)CC1CO. The van der Waals surface area contributed by atoms with Gasteiger partial charge < -0.3 is 15.2 Å². The summed E-state index contributed by atoms with van der Waals surface area (Å²) < 4.78 is 40.6. The summed E-state index contributed by atoms with van der Waals surface area (Å²) in [6.07, 6.45) is 1.73. The standard InChI is InChI=1S/C20H21FN2O4S/c21-14-3-6-18-19(11-22-20(18)9-14)13-1-4-17(5-2-13)28(26,27)23-8-7-16(25)10-15(23)12-24/h1-6,9,11,15-16,22,24-25H,7-8,10,12H2. The first-order chi connectivity index (χ1) is 13.4. The van der Waals surface area contributed by atoms with Crippen molar-refractivity contribution in [2.45, 2.75) is 29.9 Å². The third kappa shape index (κ3) is 3.33. The minimum Gasteiger partial charge on any atom is -0.395 e. The van der Waals surface area contributed by atoms with Gasteiger partial charge in [-0.15, -0.1) is 0 Å². The summed E-state index contributed by atoms with van der Waals surface area (Å²) in [5, 5.41) is 20.1.